The molecule has 8 heteroatoms. The average molecular weight is 486 g/mol. The summed E-state index contributed by atoms with van der Waals surface area (Å²) in [7, 11) is 0. The SMILES string of the molecule is Cc1ccnn1CCC(=O)N1CCc2c(cc(Cc3ccccc3F)c(=O)n2Cc2cccnc2)C1. The van der Waals surface area contributed by atoms with Gasteiger partial charge in [0.05, 0.1) is 6.54 Å². The monoisotopic (exact) mass is 485 g/mol. The zero-order chi connectivity index (χ0) is 25.1. The van der Waals surface area contributed by atoms with E-state index in [4.69, 9.17) is 0 Å². The Morgan fingerprint density at radius 2 is 1.94 bits per heavy atom. The number of benzene rings is 1. The minimum Gasteiger partial charge on any atom is -0.338 e. The van der Waals surface area contributed by atoms with E-state index in [0.717, 1.165) is 22.5 Å². The molecule has 36 heavy (non-hydrogen) atoms. The van der Waals surface area contributed by atoms with Crippen LogP contribution >= 0.6 is 0 Å². The van der Waals surface area contributed by atoms with Gasteiger partial charge in [-0.05, 0) is 47.9 Å². The van der Waals surface area contributed by atoms with E-state index in [9.17, 15) is 14.0 Å². The molecule has 0 fully saturated rings. The molecule has 0 unspecified atom stereocenters. The maximum absolute atomic E-state index is 14.4. The molecule has 0 aliphatic carbocycles. The normalized spacial score (nSPS) is 13.0. The number of hydrogen-bond acceptors (Lipinski definition) is 4. The summed E-state index contributed by atoms with van der Waals surface area (Å²) < 4.78 is 18.0. The maximum atomic E-state index is 14.4. The molecule has 0 N–H and O–H groups in total. The van der Waals surface area contributed by atoms with Crippen LogP contribution in [0.3, 0.4) is 0 Å². The van der Waals surface area contributed by atoms with Crippen LogP contribution in [0.2, 0.25) is 0 Å². The molecule has 4 aromatic rings. The van der Waals surface area contributed by atoms with Crippen LogP contribution in [-0.4, -0.2) is 36.7 Å². The summed E-state index contributed by atoms with van der Waals surface area (Å²) in [5, 5.41) is 4.26. The second kappa shape index (κ2) is 10.3. The molecule has 5 rings (SSSR count). The van der Waals surface area contributed by atoms with Crippen LogP contribution in [0.4, 0.5) is 4.39 Å². The first-order valence-electron chi connectivity index (χ1n) is 12.1. The lowest BCUT2D eigenvalue weighted by Gasteiger charge is -2.31. The van der Waals surface area contributed by atoms with Gasteiger partial charge in [0.1, 0.15) is 5.82 Å². The fraction of sp³-hybridized carbons (Fsp3) is 0.286. The third kappa shape index (κ3) is 4.98. The summed E-state index contributed by atoms with van der Waals surface area (Å²) in [5.74, 6) is -0.282. The number of hydrogen-bond donors (Lipinski definition) is 0. The van der Waals surface area contributed by atoms with E-state index >= 15 is 0 Å². The first-order valence-corrected chi connectivity index (χ1v) is 12.1. The zero-order valence-electron chi connectivity index (χ0n) is 20.2. The lowest BCUT2D eigenvalue weighted by molar-refractivity contribution is -0.132. The van der Waals surface area contributed by atoms with Gasteiger partial charge in [0.15, 0.2) is 0 Å². The number of halogens is 1. The highest BCUT2D eigenvalue weighted by molar-refractivity contribution is 5.76. The Morgan fingerprint density at radius 1 is 1.08 bits per heavy atom. The number of nitrogens with zero attached hydrogens (tertiary/aromatic N) is 5. The number of rotatable bonds is 7. The molecule has 0 saturated heterocycles. The van der Waals surface area contributed by atoms with Gasteiger partial charge in [-0.3, -0.25) is 19.3 Å². The number of aryl methyl sites for hydroxylation is 2. The van der Waals surface area contributed by atoms with Gasteiger partial charge in [0, 0.05) is 74.4 Å². The molecule has 0 radical (unpaired) electrons. The Morgan fingerprint density at radius 3 is 2.69 bits per heavy atom. The van der Waals surface area contributed by atoms with Crippen molar-refractivity contribution in [3.8, 4) is 0 Å². The second-order valence-electron chi connectivity index (χ2n) is 9.17. The van der Waals surface area contributed by atoms with Crippen molar-refractivity contribution >= 4 is 5.91 Å². The van der Waals surface area contributed by atoms with Crippen LogP contribution in [0.15, 0.2) is 71.9 Å². The topological polar surface area (TPSA) is 73.0 Å². The summed E-state index contributed by atoms with van der Waals surface area (Å²) >= 11 is 0. The summed E-state index contributed by atoms with van der Waals surface area (Å²) in [5.41, 5.74) is 4.65. The highest BCUT2D eigenvalue weighted by Gasteiger charge is 2.25. The molecule has 1 aromatic carbocycles. The Bertz CT molecular complexity index is 1440. The Labute approximate surface area is 208 Å². The molecular formula is C28H28FN5O2. The molecular weight excluding hydrogens is 457 g/mol. The predicted octanol–water partition coefficient (Wildman–Crippen LogP) is 3.50. The van der Waals surface area contributed by atoms with Gasteiger partial charge >= 0.3 is 0 Å². The van der Waals surface area contributed by atoms with Gasteiger partial charge in [0.2, 0.25) is 5.91 Å². The summed E-state index contributed by atoms with van der Waals surface area (Å²) in [6.07, 6.45) is 6.31. The summed E-state index contributed by atoms with van der Waals surface area (Å²) in [6.45, 7) is 3.84. The number of carbonyl (C=O) groups excluding carboxylic acids is 1. The van der Waals surface area contributed by atoms with Gasteiger partial charge in [-0.25, -0.2) is 4.39 Å². The van der Waals surface area contributed by atoms with Crippen LogP contribution in [0, 0.1) is 12.7 Å². The Kier molecular flexibility index (Phi) is 6.75. The fourth-order valence-electron chi connectivity index (χ4n) is 4.80. The minimum absolute atomic E-state index is 0.0520. The zero-order valence-corrected chi connectivity index (χ0v) is 20.2. The van der Waals surface area contributed by atoms with E-state index in [1.54, 1.807) is 41.4 Å². The van der Waals surface area contributed by atoms with E-state index in [2.05, 4.69) is 10.1 Å². The van der Waals surface area contributed by atoms with E-state index < -0.39 is 0 Å². The van der Waals surface area contributed by atoms with Crippen LogP contribution in [-0.2, 0) is 37.3 Å². The highest BCUT2D eigenvalue weighted by Crippen LogP contribution is 2.22. The lowest BCUT2D eigenvalue weighted by Crippen LogP contribution is -2.40. The first-order chi connectivity index (χ1) is 17.5. The number of fused-ring (bicyclic) bond motifs is 1. The summed E-state index contributed by atoms with van der Waals surface area (Å²) in [6, 6.07) is 14.1. The van der Waals surface area contributed by atoms with E-state index in [1.807, 2.05) is 40.8 Å². The third-order valence-corrected chi connectivity index (χ3v) is 6.77. The Balaban J connectivity index is 1.45. The van der Waals surface area contributed by atoms with Crippen molar-refractivity contribution < 1.29 is 9.18 Å². The van der Waals surface area contributed by atoms with Crippen molar-refractivity contribution in [1.29, 1.82) is 0 Å². The largest absolute Gasteiger partial charge is 0.338 e. The number of pyridine rings is 2. The number of carbonyl (C=O) groups is 1. The molecule has 4 heterocycles. The smallest absolute Gasteiger partial charge is 0.254 e. The fourth-order valence-corrected chi connectivity index (χ4v) is 4.80. The van der Waals surface area contributed by atoms with Crippen molar-refractivity contribution in [3.05, 3.63) is 117 Å². The molecule has 1 amide bonds. The minimum atomic E-state index is -0.334. The standard InChI is InChI=1S/C28H28FN5O2/c1-20-8-12-31-34(20)14-10-27(35)32-13-9-26-24(19-32)16-23(15-22-6-2-3-7-25(22)29)28(36)33(26)18-21-5-4-11-30-17-21/h2-8,11-12,16-17H,9-10,13-15,18-19H2,1H3. The third-order valence-electron chi connectivity index (χ3n) is 6.77. The van der Waals surface area contributed by atoms with E-state index in [-0.39, 0.29) is 23.7 Å². The van der Waals surface area contributed by atoms with Gasteiger partial charge in [0.25, 0.3) is 5.56 Å². The van der Waals surface area contributed by atoms with Crippen molar-refractivity contribution in [2.24, 2.45) is 0 Å². The van der Waals surface area contributed by atoms with E-state index in [0.29, 0.717) is 50.1 Å². The molecule has 184 valence electrons. The number of amides is 1. The molecule has 1 aliphatic rings. The van der Waals surface area contributed by atoms with Gasteiger partial charge < -0.3 is 9.47 Å². The lowest BCUT2D eigenvalue weighted by atomic mass is 9.98. The van der Waals surface area contributed by atoms with Crippen molar-refractivity contribution in [1.82, 2.24) is 24.2 Å². The van der Waals surface area contributed by atoms with Crippen LogP contribution < -0.4 is 5.56 Å². The highest BCUT2D eigenvalue weighted by atomic mass is 19.1. The van der Waals surface area contributed by atoms with Gasteiger partial charge in [-0.15, -0.1) is 0 Å². The van der Waals surface area contributed by atoms with Crippen LogP contribution in [0.5, 0.6) is 0 Å². The first kappa shape index (κ1) is 23.7. The van der Waals surface area contributed by atoms with Crippen molar-refractivity contribution in [2.45, 2.75) is 45.8 Å². The van der Waals surface area contributed by atoms with E-state index in [1.165, 1.54) is 6.07 Å². The molecule has 0 bridgehead atoms. The molecule has 0 spiro atoms. The molecule has 0 saturated carbocycles. The van der Waals surface area contributed by atoms with Crippen LogP contribution in [0.25, 0.3) is 0 Å². The maximum Gasteiger partial charge on any atom is 0.254 e. The van der Waals surface area contributed by atoms with Crippen molar-refractivity contribution in [2.75, 3.05) is 6.54 Å². The Hall–Kier alpha value is -4.07. The summed E-state index contributed by atoms with van der Waals surface area (Å²) in [4.78, 5) is 32.6. The van der Waals surface area contributed by atoms with Gasteiger partial charge in [-0.1, -0.05) is 24.3 Å². The molecule has 7 nitrogen and oxygen atoms in total. The average Bonchev–Trinajstić information content (AvgIpc) is 3.31. The molecule has 1 aliphatic heterocycles. The van der Waals surface area contributed by atoms with Gasteiger partial charge in [-0.2, -0.15) is 5.10 Å². The van der Waals surface area contributed by atoms with Crippen molar-refractivity contribution in [3.63, 3.8) is 0 Å². The number of aromatic nitrogens is 4. The quantitative estimate of drug-likeness (QED) is 0.402. The molecule has 0 atom stereocenters. The second-order valence-corrected chi connectivity index (χ2v) is 9.17. The van der Waals surface area contributed by atoms with Crippen LogP contribution in [0.1, 0.15) is 40.1 Å². The predicted molar refractivity (Wildman–Crippen MR) is 134 cm³/mol. The molecule has 3 aromatic heterocycles.